The van der Waals surface area contributed by atoms with E-state index in [9.17, 15) is 9.18 Å². The van der Waals surface area contributed by atoms with Gasteiger partial charge in [0, 0.05) is 25.2 Å². The fourth-order valence-corrected chi connectivity index (χ4v) is 3.25. The third kappa shape index (κ3) is 2.48. The van der Waals surface area contributed by atoms with Gasteiger partial charge in [-0.15, -0.1) is 0 Å². The van der Waals surface area contributed by atoms with Crippen LogP contribution in [-0.2, 0) is 7.05 Å². The van der Waals surface area contributed by atoms with Crippen molar-refractivity contribution < 1.29 is 9.18 Å². The summed E-state index contributed by atoms with van der Waals surface area (Å²) in [6, 6.07) is 4.46. The normalized spacial score (nSPS) is 14.7. The molecule has 5 rings (SSSR count). The van der Waals surface area contributed by atoms with Gasteiger partial charge in [-0.05, 0) is 18.2 Å². The van der Waals surface area contributed by atoms with Crippen LogP contribution >= 0.6 is 0 Å². The Morgan fingerprint density at radius 2 is 2.21 bits per heavy atom. The molecular weight excluding hydrogens is 361 g/mol. The lowest BCUT2D eigenvalue weighted by molar-refractivity contribution is 0.0940. The predicted molar refractivity (Wildman–Crippen MR) is 102 cm³/mol. The molecule has 1 amide bonds. The number of carbonyl (C=O) groups excluding carboxylic acids is 1. The molecule has 3 heterocycles. The van der Waals surface area contributed by atoms with E-state index in [0.29, 0.717) is 40.2 Å². The van der Waals surface area contributed by atoms with Gasteiger partial charge in [-0.2, -0.15) is 5.10 Å². The standard InChI is InChI=1S/C19H16FN7O/c1-27-14-6-10(20)2-3-11(14)15(26-27)13-8-23-17-16(24-13)12(7-22-17)18(28)25-19(9-21)4-5-19/h2-8H,9,21H2,1H3,(H,22,23)(H,25,28). The molecule has 0 spiro atoms. The summed E-state index contributed by atoms with van der Waals surface area (Å²) in [5.74, 6) is -0.628. The number of nitrogens with zero attached hydrogens (tertiary/aromatic N) is 4. The molecule has 0 aliphatic heterocycles. The number of halogens is 1. The minimum Gasteiger partial charge on any atom is -0.344 e. The highest BCUT2D eigenvalue weighted by atomic mass is 19.1. The van der Waals surface area contributed by atoms with Crippen LogP contribution in [0.3, 0.4) is 0 Å². The summed E-state index contributed by atoms with van der Waals surface area (Å²) in [6.45, 7) is 0.300. The van der Waals surface area contributed by atoms with Crippen molar-refractivity contribution >= 4 is 28.0 Å². The highest BCUT2D eigenvalue weighted by molar-refractivity contribution is 6.05. The Morgan fingerprint density at radius 3 is 2.96 bits per heavy atom. The Labute approximate surface area is 158 Å². The first-order valence-corrected chi connectivity index (χ1v) is 8.69. The molecule has 0 saturated heterocycles. The number of hydrogen-bond donors (Lipinski definition) is 3. The molecule has 0 unspecified atom stereocenters. The first kappa shape index (κ1) is 16.6. The van der Waals surface area contributed by atoms with Crippen molar-refractivity contribution in [2.24, 2.45) is 12.8 Å². The molecule has 0 radical (unpaired) electrons. The summed E-state index contributed by atoms with van der Waals surface area (Å²) < 4.78 is 15.2. The highest BCUT2D eigenvalue weighted by Gasteiger charge is 2.35. The van der Waals surface area contributed by atoms with Crippen LogP contribution in [0.2, 0.25) is 0 Å². The number of rotatable bonds is 4. The van der Waals surface area contributed by atoms with Gasteiger partial charge < -0.3 is 16.0 Å². The molecule has 1 aromatic carbocycles. The Morgan fingerprint density at radius 1 is 1.39 bits per heavy atom. The molecule has 3 aromatic heterocycles. The topological polar surface area (TPSA) is 115 Å². The number of hydrogen-bond acceptors (Lipinski definition) is 5. The largest absolute Gasteiger partial charge is 0.344 e. The van der Waals surface area contributed by atoms with E-state index in [1.165, 1.54) is 12.1 Å². The molecule has 4 N–H and O–H groups in total. The molecule has 8 nitrogen and oxygen atoms in total. The van der Waals surface area contributed by atoms with Gasteiger partial charge in [0.1, 0.15) is 22.7 Å². The summed E-state index contributed by atoms with van der Waals surface area (Å²) >= 11 is 0. The van der Waals surface area contributed by atoms with Crippen molar-refractivity contribution in [3.05, 3.63) is 54.1 Å². The third-order valence-corrected chi connectivity index (χ3v) is 4.93. The molecule has 1 aliphatic rings. The fraction of sp³-hybridized carbons (Fsp3) is 0.158. The average molecular weight is 377 g/mol. The maximum atomic E-state index is 13.6. The summed E-state index contributed by atoms with van der Waals surface area (Å²) in [4.78, 5) is 24.6. The van der Waals surface area contributed by atoms with Gasteiger partial charge >= 0.3 is 0 Å². The molecule has 9 heteroatoms. The number of fused-ring (bicyclic) bond motifs is 2. The molecule has 28 heavy (non-hydrogen) atoms. The Bertz CT molecular complexity index is 1280. The minimum absolute atomic E-state index is 0.291. The van der Waals surface area contributed by atoms with E-state index in [0.717, 1.165) is 5.39 Å². The van der Waals surface area contributed by atoms with Gasteiger partial charge in [0.05, 0.1) is 22.8 Å². The van der Waals surface area contributed by atoms with Crippen LogP contribution in [0.1, 0.15) is 10.4 Å². The number of aryl methyl sites for hydroxylation is 1. The van der Waals surface area contributed by atoms with Crippen LogP contribution in [0.5, 0.6) is 0 Å². The lowest BCUT2D eigenvalue weighted by atomic mass is 10.1. The zero-order valence-electron chi connectivity index (χ0n) is 14.9. The van der Waals surface area contributed by atoms with E-state index in [4.69, 9.17) is 5.73 Å². The maximum Gasteiger partial charge on any atom is 0.256 e. The Kier molecular flexibility index (Phi) is 3.37. The van der Waals surface area contributed by atoms with E-state index in [1.807, 2.05) is 12.2 Å². The number of aromatic amines is 1. The van der Waals surface area contributed by atoms with E-state index in [2.05, 4.69) is 25.4 Å². The molecule has 1 aliphatic carbocycles. The number of amides is 1. The van der Waals surface area contributed by atoms with Crippen molar-refractivity contribution in [2.45, 2.75) is 5.54 Å². The van der Waals surface area contributed by atoms with Crippen LogP contribution in [0.15, 0.2) is 42.7 Å². The zero-order valence-corrected chi connectivity index (χ0v) is 14.9. The zero-order chi connectivity index (χ0) is 19.5. The van der Waals surface area contributed by atoms with Gasteiger partial charge in [0.15, 0.2) is 5.65 Å². The van der Waals surface area contributed by atoms with Crippen molar-refractivity contribution in [2.75, 3.05) is 6.54 Å². The molecule has 140 valence electrons. The van der Waals surface area contributed by atoms with E-state index >= 15 is 0 Å². The van der Waals surface area contributed by atoms with Crippen LogP contribution in [0.4, 0.5) is 4.39 Å². The SMILES string of the molecule is Cn1nc(-c2cnc3[nH]cc(C(=O)NC4(CN)C=C4)c3n2)c2ccc(F)cc21. The third-order valence-electron chi connectivity index (χ3n) is 4.93. The quantitative estimate of drug-likeness (QED) is 0.468. The maximum absolute atomic E-state index is 13.6. The first-order valence-electron chi connectivity index (χ1n) is 8.69. The smallest absolute Gasteiger partial charge is 0.256 e. The molecule has 0 atom stereocenters. The number of aromatic nitrogens is 5. The van der Waals surface area contributed by atoms with Crippen LogP contribution in [0.25, 0.3) is 33.5 Å². The molecule has 0 saturated carbocycles. The second-order valence-electron chi connectivity index (χ2n) is 6.82. The first-order chi connectivity index (χ1) is 13.5. The highest BCUT2D eigenvalue weighted by Crippen LogP contribution is 2.28. The minimum atomic E-state index is -0.549. The van der Waals surface area contributed by atoms with E-state index in [-0.39, 0.29) is 11.7 Å². The van der Waals surface area contributed by atoms with Crippen molar-refractivity contribution in [1.29, 1.82) is 0 Å². The fourth-order valence-electron chi connectivity index (χ4n) is 3.25. The van der Waals surface area contributed by atoms with Crippen LogP contribution in [-0.4, -0.2) is 42.7 Å². The summed E-state index contributed by atoms with van der Waals surface area (Å²) in [7, 11) is 1.74. The van der Waals surface area contributed by atoms with Crippen LogP contribution < -0.4 is 11.1 Å². The van der Waals surface area contributed by atoms with Crippen molar-refractivity contribution in [3.8, 4) is 11.4 Å². The Balaban J connectivity index is 1.60. The Hall–Kier alpha value is -3.59. The summed E-state index contributed by atoms with van der Waals surface area (Å²) in [5, 5.41) is 8.10. The van der Waals surface area contributed by atoms with Crippen molar-refractivity contribution in [3.63, 3.8) is 0 Å². The number of nitrogens with one attached hydrogen (secondary N) is 2. The monoisotopic (exact) mass is 377 g/mol. The van der Waals surface area contributed by atoms with Crippen molar-refractivity contribution in [1.82, 2.24) is 30.0 Å². The van der Waals surface area contributed by atoms with Gasteiger partial charge in [-0.25, -0.2) is 14.4 Å². The average Bonchev–Trinajstić information content (AvgIpc) is 3.21. The second kappa shape index (κ2) is 5.70. The molecule has 0 bridgehead atoms. The van der Waals surface area contributed by atoms with Gasteiger partial charge in [0.2, 0.25) is 0 Å². The van der Waals surface area contributed by atoms with Crippen LogP contribution in [0, 0.1) is 5.82 Å². The van der Waals surface area contributed by atoms with Gasteiger partial charge in [-0.1, -0.05) is 12.2 Å². The summed E-state index contributed by atoms with van der Waals surface area (Å²) in [6.07, 6.45) is 6.84. The predicted octanol–water partition coefficient (Wildman–Crippen LogP) is 1.65. The summed E-state index contributed by atoms with van der Waals surface area (Å²) in [5.41, 5.74) is 8.16. The lowest BCUT2D eigenvalue weighted by Crippen LogP contribution is -2.43. The molecule has 0 fully saturated rings. The van der Waals surface area contributed by atoms with E-state index < -0.39 is 5.54 Å². The molecular formula is C19H16FN7O. The number of benzene rings is 1. The van der Waals surface area contributed by atoms with Gasteiger partial charge in [0.25, 0.3) is 5.91 Å². The van der Waals surface area contributed by atoms with Gasteiger partial charge in [-0.3, -0.25) is 9.48 Å². The number of H-pyrrole nitrogens is 1. The van der Waals surface area contributed by atoms with E-state index in [1.54, 1.807) is 30.2 Å². The molecule has 4 aromatic rings. The number of carbonyl (C=O) groups is 1. The lowest BCUT2D eigenvalue weighted by Gasteiger charge is -2.14. The second-order valence-corrected chi connectivity index (χ2v) is 6.82. The number of nitrogens with two attached hydrogens (primary N) is 1.